The molecule has 0 saturated heterocycles. The molecule has 1 aromatic carbocycles. The van der Waals surface area contributed by atoms with Gasteiger partial charge in [-0.25, -0.2) is 13.1 Å². The predicted molar refractivity (Wildman–Crippen MR) is 71.9 cm³/mol. The number of nitrogens with one attached hydrogen (secondary N) is 1. The fourth-order valence-electron chi connectivity index (χ4n) is 2.26. The van der Waals surface area contributed by atoms with Crippen molar-refractivity contribution in [2.75, 3.05) is 0 Å². The highest BCUT2D eigenvalue weighted by Crippen LogP contribution is 2.36. The first-order valence-corrected chi connectivity index (χ1v) is 9.14. The van der Waals surface area contributed by atoms with Crippen LogP contribution >= 0.6 is 0 Å². The minimum Gasteiger partial charge on any atom is -0.207 e. The van der Waals surface area contributed by atoms with E-state index in [0.29, 0.717) is 6.42 Å². The zero-order chi connectivity index (χ0) is 15.0. The monoisotopic (exact) mass is 321 g/mol. The van der Waals surface area contributed by atoms with Gasteiger partial charge in [0.15, 0.2) is 0 Å². The molecule has 0 radical (unpaired) electrons. The van der Waals surface area contributed by atoms with Gasteiger partial charge in [-0.15, -0.1) is 3.89 Å². The van der Waals surface area contributed by atoms with E-state index in [2.05, 4.69) is 4.72 Å². The van der Waals surface area contributed by atoms with E-state index in [9.17, 15) is 20.7 Å². The fourth-order valence-corrected chi connectivity index (χ4v) is 4.25. The Morgan fingerprint density at radius 2 is 1.60 bits per heavy atom. The van der Waals surface area contributed by atoms with Crippen LogP contribution in [0, 0.1) is 0 Å². The van der Waals surface area contributed by atoms with Gasteiger partial charge in [0.05, 0.1) is 9.79 Å². The molecule has 0 spiro atoms. The summed E-state index contributed by atoms with van der Waals surface area (Å²) in [6, 6.07) is 4.08. The molecule has 1 aromatic rings. The van der Waals surface area contributed by atoms with E-state index in [1.165, 1.54) is 0 Å². The third-order valence-corrected chi connectivity index (χ3v) is 6.18. The maximum Gasteiger partial charge on any atom is 0.332 e. The van der Waals surface area contributed by atoms with Gasteiger partial charge in [-0.3, -0.25) is 0 Å². The van der Waals surface area contributed by atoms with E-state index in [1.54, 1.807) is 0 Å². The Bertz CT molecular complexity index is 686. The summed E-state index contributed by atoms with van der Waals surface area (Å²) >= 11 is 0. The van der Waals surface area contributed by atoms with Gasteiger partial charge in [0.1, 0.15) is 0 Å². The van der Waals surface area contributed by atoms with Crippen molar-refractivity contribution in [1.29, 1.82) is 0 Å². The summed E-state index contributed by atoms with van der Waals surface area (Å²) in [5.74, 6) is 0. The van der Waals surface area contributed by atoms with Gasteiger partial charge < -0.3 is 0 Å². The molecular formula is C12H16FNO4S2. The third kappa shape index (κ3) is 3.02. The van der Waals surface area contributed by atoms with Crippen molar-refractivity contribution in [2.45, 2.75) is 47.9 Å². The summed E-state index contributed by atoms with van der Waals surface area (Å²) in [6.45, 7) is 1.92. The summed E-state index contributed by atoms with van der Waals surface area (Å²) in [6.07, 6.45) is 3.26. The summed E-state index contributed by atoms with van der Waals surface area (Å²) in [5.41, 5.74) is -0.399. The van der Waals surface area contributed by atoms with Crippen molar-refractivity contribution in [3.8, 4) is 0 Å². The topological polar surface area (TPSA) is 80.3 Å². The lowest BCUT2D eigenvalue weighted by molar-refractivity contribution is 0.214. The molecule has 1 N–H and O–H groups in total. The van der Waals surface area contributed by atoms with E-state index in [1.807, 2.05) is 6.92 Å². The molecule has 0 amide bonds. The second-order valence-corrected chi connectivity index (χ2v) is 8.03. The van der Waals surface area contributed by atoms with Gasteiger partial charge >= 0.3 is 10.2 Å². The van der Waals surface area contributed by atoms with Crippen molar-refractivity contribution in [1.82, 2.24) is 4.72 Å². The van der Waals surface area contributed by atoms with Crippen LogP contribution in [0.3, 0.4) is 0 Å². The average molecular weight is 321 g/mol. The smallest absolute Gasteiger partial charge is 0.207 e. The summed E-state index contributed by atoms with van der Waals surface area (Å²) < 4.78 is 61.2. The Morgan fingerprint density at radius 1 is 1.10 bits per heavy atom. The van der Waals surface area contributed by atoms with Gasteiger partial charge in [-0.1, -0.05) is 6.92 Å². The van der Waals surface area contributed by atoms with Gasteiger partial charge in [0.25, 0.3) is 0 Å². The fraction of sp³-hybridized carbons (Fsp3) is 0.500. The standard InChI is InChI=1S/C12H16FNO4S2/c1-2-12(8-3-9-12)14-20(17,18)11-6-4-10(5-7-11)19(13,15)16/h4-7,14H,2-3,8-9H2,1H3. The van der Waals surface area contributed by atoms with E-state index in [4.69, 9.17) is 0 Å². The minimum atomic E-state index is -4.81. The normalized spacial score (nSPS) is 18.5. The molecule has 1 fully saturated rings. The average Bonchev–Trinajstić information content (AvgIpc) is 2.33. The van der Waals surface area contributed by atoms with Crippen molar-refractivity contribution >= 4 is 20.2 Å². The lowest BCUT2D eigenvalue weighted by atomic mass is 9.76. The van der Waals surface area contributed by atoms with Crippen molar-refractivity contribution in [3.05, 3.63) is 24.3 Å². The predicted octanol–water partition coefficient (Wildman–Crippen LogP) is 1.96. The Kier molecular flexibility index (Phi) is 3.92. The van der Waals surface area contributed by atoms with E-state index >= 15 is 0 Å². The lowest BCUT2D eigenvalue weighted by Gasteiger charge is -2.41. The van der Waals surface area contributed by atoms with Crippen LogP contribution in [0.25, 0.3) is 0 Å². The highest BCUT2D eigenvalue weighted by molar-refractivity contribution is 7.89. The van der Waals surface area contributed by atoms with Crippen molar-refractivity contribution in [3.63, 3.8) is 0 Å². The molecule has 0 aliphatic heterocycles. The van der Waals surface area contributed by atoms with Crippen LogP contribution in [0.4, 0.5) is 3.89 Å². The molecule has 2 rings (SSSR count). The Labute approximate surface area is 118 Å². The molecule has 0 heterocycles. The first-order chi connectivity index (χ1) is 9.19. The molecule has 112 valence electrons. The Morgan fingerprint density at radius 3 is 1.95 bits per heavy atom. The lowest BCUT2D eigenvalue weighted by Crippen LogP contribution is -2.52. The molecule has 1 saturated carbocycles. The van der Waals surface area contributed by atoms with Crippen LogP contribution in [0.15, 0.2) is 34.1 Å². The number of hydrogen-bond donors (Lipinski definition) is 1. The van der Waals surface area contributed by atoms with Gasteiger partial charge in [0.2, 0.25) is 10.0 Å². The Balaban J connectivity index is 2.26. The van der Waals surface area contributed by atoms with Gasteiger partial charge in [-0.2, -0.15) is 8.42 Å². The number of halogens is 1. The van der Waals surface area contributed by atoms with Crippen LogP contribution < -0.4 is 4.72 Å². The van der Waals surface area contributed by atoms with Crippen molar-refractivity contribution < 1.29 is 20.7 Å². The second kappa shape index (κ2) is 5.09. The number of rotatable bonds is 5. The molecule has 1 aliphatic rings. The number of benzene rings is 1. The molecule has 0 unspecified atom stereocenters. The van der Waals surface area contributed by atoms with E-state index < -0.39 is 30.7 Å². The number of sulfonamides is 1. The van der Waals surface area contributed by atoms with Crippen LogP contribution in [-0.2, 0) is 20.2 Å². The largest absolute Gasteiger partial charge is 0.332 e. The molecule has 5 nitrogen and oxygen atoms in total. The highest BCUT2D eigenvalue weighted by Gasteiger charge is 2.39. The van der Waals surface area contributed by atoms with Crippen LogP contribution in [0.2, 0.25) is 0 Å². The van der Waals surface area contributed by atoms with Crippen molar-refractivity contribution in [2.24, 2.45) is 0 Å². The SMILES string of the molecule is CCC1(NS(=O)(=O)c2ccc(S(=O)(=O)F)cc2)CCC1. The minimum absolute atomic E-state index is 0.0652. The molecule has 20 heavy (non-hydrogen) atoms. The molecule has 1 aliphatic carbocycles. The summed E-state index contributed by atoms with van der Waals surface area (Å²) in [5, 5.41) is 0. The van der Waals surface area contributed by atoms with Crippen LogP contribution in [-0.4, -0.2) is 22.4 Å². The quantitative estimate of drug-likeness (QED) is 0.841. The van der Waals surface area contributed by atoms with Gasteiger partial charge in [-0.05, 0) is 49.9 Å². The molecular weight excluding hydrogens is 305 g/mol. The van der Waals surface area contributed by atoms with Crippen LogP contribution in [0.1, 0.15) is 32.6 Å². The molecule has 0 aromatic heterocycles. The molecule has 8 heteroatoms. The second-order valence-electron chi connectivity index (χ2n) is 5.00. The highest BCUT2D eigenvalue weighted by atomic mass is 32.3. The molecule has 0 atom stereocenters. The summed E-state index contributed by atoms with van der Waals surface area (Å²) in [7, 11) is -8.53. The molecule has 0 bridgehead atoms. The van der Waals surface area contributed by atoms with E-state index in [-0.39, 0.29) is 4.90 Å². The zero-order valence-electron chi connectivity index (χ0n) is 11.0. The maximum atomic E-state index is 12.7. The maximum absolute atomic E-state index is 12.7. The van der Waals surface area contributed by atoms with Crippen LogP contribution in [0.5, 0.6) is 0 Å². The van der Waals surface area contributed by atoms with Gasteiger partial charge in [0, 0.05) is 5.54 Å². The summed E-state index contributed by atoms with van der Waals surface area (Å²) in [4.78, 5) is -0.616. The first-order valence-electron chi connectivity index (χ1n) is 6.27. The Hall–Kier alpha value is -0.990. The third-order valence-electron chi connectivity index (χ3n) is 3.75. The number of hydrogen-bond acceptors (Lipinski definition) is 4. The van der Waals surface area contributed by atoms with E-state index in [0.717, 1.165) is 43.5 Å². The first kappa shape index (κ1) is 15.4. The zero-order valence-corrected chi connectivity index (χ0v) is 12.6.